The molecule has 0 bridgehead atoms. The van der Waals surface area contributed by atoms with Gasteiger partial charge >= 0.3 is 0 Å². The summed E-state index contributed by atoms with van der Waals surface area (Å²) in [4.78, 5) is 0. The van der Waals surface area contributed by atoms with Crippen molar-refractivity contribution >= 4 is 28.2 Å². The van der Waals surface area contributed by atoms with E-state index in [-0.39, 0.29) is 0 Å². The van der Waals surface area contributed by atoms with Crippen molar-refractivity contribution in [1.82, 2.24) is 10.2 Å². The molecule has 0 saturated heterocycles. The number of halogens is 1. The molecule has 1 heterocycles. The topological polar surface area (TPSA) is 37.8 Å². The van der Waals surface area contributed by atoms with E-state index in [1.54, 1.807) is 0 Å². The molecule has 0 aliphatic heterocycles. The first-order valence-corrected chi connectivity index (χ1v) is 6.41. The normalized spacial score (nSPS) is 10.6. The van der Waals surface area contributed by atoms with Gasteiger partial charge in [0, 0.05) is 17.3 Å². The average Bonchev–Trinajstić information content (AvgIpc) is 2.48. The van der Waals surface area contributed by atoms with E-state index < -0.39 is 0 Å². The molecule has 3 aromatic rings. The number of anilines is 1. The Bertz CT molecular complexity index is 698. The van der Waals surface area contributed by atoms with Gasteiger partial charge in [0.25, 0.3) is 0 Å². The van der Waals surface area contributed by atoms with E-state index in [2.05, 4.69) is 27.6 Å². The van der Waals surface area contributed by atoms with E-state index in [0.717, 1.165) is 16.6 Å². The molecule has 3 nitrogen and oxygen atoms in total. The molecule has 0 amide bonds. The lowest BCUT2D eigenvalue weighted by Crippen LogP contribution is -2.03. The number of aromatic nitrogens is 2. The van der Waals surface area contributed by atoms with Crippen LogP contribution in [0, 0.1) is 0 Å². The van der Waals surface area contributed by atoms with E-state index in [4.69, 9.17) is 11.6 Å². The minimum atomic E-state index is 0.431. The molecular weight excluding hydrogens is 258 g/mol. The number of hydrogen-bond donors (Lipinski definition) is 1. The predicted molar refractivity (Wildman–Crippen MR) is 78.3 cm³/mol. The maximum atomic E-state index is 6.04. The third-order valence-corrected chi connectivity index (χ3v) is 3.22. The van der Waals surface area contributed by atoms with Crippen LogP contribution in [0.4, 0.5) is 5.82 Å². The number of fused-ring (bicyclic) bond motifs is 1. The minimum Gasteiger partial charge on any atom is -0.364 e. The maximum absolute atomic E-state index is 6.04. The molecule has 0 atom stereocenters. The molecule has 1 aromatic heterocycles. The highest BCUT2D eigenvalue weighted by molar-refractivity contribution is 6.34. The van der Waals surface area contributed by atoms with Crippen molar-refractivity contribution in [2.45, 2.75) is 6.54 Å². The fourth-order valence-corrected chi connectivity index (χ4v) is 2.19. The van der Waals surface area contributed by atoms with Crippen LogP contribution in [-0.2, 0) is 6.54 Å². The predicted octanol–water partition coefficient (Wildman–Crippen LogP) is 3.90. The third-order valence-electron chi connectivity index (χ3n) is 2.95. The van der Waals surface area contributed by atoms with Gasteiger partial charge in [-0.05, 0) is 5.56 Å². The summed E-state index contributed by atoms with van der Waals surface area (Å²) in [6.07, 6.45) is 0. The van der Waals surface area contributed by atoms with Gasteiger partial charge in [0.1, 0.15) is 0 Å². The Morgan fingerprint density at radius 2 is 1.53 bits per heavy atom. The van der Waals surface area contributed by atoms with Crippen LogP contribution in [0.3, 0.4) is 0 Å². The van der Waals surface area contributed by atoms with Gasteiger partial charge in [-0.25, -0.2) is 0 Å². The van der Waals surface area contributed by atoms with Crippen LogP contribution in [0.25, 0.3) is 10.8 Å². The van der Waals surface area contributed by atoms with Gasteiger partial charge in [0.15, 0.2) is 11.0 Å². The van der Waals surface area contributed by atoms with Crippen molar-refractivity contribution in [3.8, 4) is 0 Å². The quantitative estimate of drug-likeness (QED) is 0.784. The Labute approximate surface area is 116 Å². The zero-order valence-corrected chi connectivity index (χ0v) is 10.9. The van der Waals surface area contributed by atoms with Crippen molar-refractivity contribution in [3.63, 3.8) is 0 Å². The number of hydrogen-bond acceptors (Lipinski definition) is 3. The van der Waals surface area contributed by atoms with Crippen molar-refractivity contribution < 1.29 is 0 Å². The van der Waals surface area contributed by atoms with E-state index in [1.165, 1.54) is 5.56 Å². The fourth-order valence-electron chi connectivity index (χ4n) is 1.98. The van der Waals surface area contributed by atoms with Gasteiger partial charge in [-0.2, -0.15) is 0 Å². The number of rotatable bonds is 3. The zero-order valence-electron chi connectivity index (χ0n) is 10.2. The van der Waals surface area contributed by atoms with E-state index >= 15 is 0 Å². The minimum absolute atomic E-state index is 0.431. The molecule has 0 spiro atoms. The molecule has 94 valence electrons. The largest absolute Gasteiger partial charge is 0.364 e. The van der Waals surface area contributed by atoms with Gasteiger partial charge in [0.05, 0.1) is 0 Å². The molecule has 0 aliphatic carbocycles. The lowest BCUT2D eigenvalue weighted by molar-refractivity contribution is 1.02. The van der Waals surface area contributed by atoms with Gasteiger partial charge in [-0.15, -0.1) is 10.2 Å². The highest BCUT2D eigenvalue weighted by atomic mass is 35.5. The summed E-state index contributed by atoms with van der Waals surface area (Å²) in [7, 11) is 0. The Morgan fingerprint density at radius 1 is 0.842 bits per heavy atom. The first-order chi connectivity index (χ1) is 9.34. The Morgan fingerprint density at radius 3 is 2.32 bits per heavy atom. The zero-order chi connectivity index (χ0) is 13.1. The molecule has 19 heavy (non-hydrogen) atoms. The highest BCUT2D eigenvalue weighted by Gasteiger charge is 2.06. The van der Waals surface area contributed by atoms with Crippen LogP contribution in [0.2, 0.25) is 5.15 Å². The molecule has 2 aromatic carbocycles. The lowest BCUT2D eigenvalue weighted by atomic mass is 10.2. The SMILES string of the molecule is Clc1nnc(NCc2ccccc2)c2ccccc12. The van der Waals surface area contributed by atoms with Crippen LogP contribution in [0.5, 0.6) is 0 Å². The third kappa shape index (κ3) is 2.51. The van der Waals surface area contributed by atoms with Crippen molar-refractivity contribution in [3.05, 3.63) is 65.3 Å². The van der Waals surface area contributed by atoms with E-state index in [0.29, 0.717) is 11.7 Å². The monoisotopic (exact) mass is 269 g/mol. The standard InChI is InChI=1S/C15H12ClN3/c16-14-12-8-4-5-9-13(12)15(19-18-14)17-10-11-6-2-1-3-7-11/h1-9H,10H2,(H,17,19). The summed E-state index contributed by atoms with van der Waals surface area (Å²) in [5, 5.41) is 13.7. The smallest absolute Gasteiger partial charge is 0.159 e. The second-order valence-electron chi connectivity index (χ2n) is 4.22. The van der Waals surface area contributed by atoms with Gasteiger partial charge in [-0.3, -0.25) is 0 Å². The Kier molecular flexibility index (Phi) is 3.29. The molecule has 0 aliphatic rings. The summed E-state index contributed by atoms with van der Waals surface area (Å²) in [6, 6.07) is 18.0. The van der Waals surface area contributed by atoms with Crippen LogP contribution < -0.4 is 5.32 Å². The summed E-state index contributed by atoms with van der Waals surface area (Å²) in [5.41, 5.74) is 1.20. The first-order valence-electron chi connectivity index (χ1n) is 6.03. The summed E-state index contributed by atoms with van der Waals surface area (Å²) in [5.74, 6) is 0.754. The molecular formula is C15H12ClN3. The molecule has 0 fully saturated rings. The van der Waals surface area contributed by atoms with Crippen LogP contribution >= 0.6 is 11.6 Å². The Balaban J connectivity index is 1.91. The maximum Gasteiger partial charge on any atom is 0.159 e. The highest BCUT2D eigenvalue weighted by Crippen LogP contribution is 2.25. The number of nitrogens with one attached hydrogen (secondary N) is 1. The van der Waals surface area contributed by atoms with Crippen molar-refractivity contribution in [2.75, 3.05) is 5.32 Å². The second kappa shape index (κ2) is 5.24. The van der Waals surface area contributed by atoms with Crippen LogP contribution in [0.15, 0.2) is 54.6 Å². The summed E-state index contributed by atoms with van der Waals surface area (Å²) < 4.78 is 0. The van der Waals surface area contributed by atoms with Crippen LogP contribution in [0.1, 0.15) is 5.56 Å². The molecule has 3 rings (SSSR count). The molecule has 1 N–H and O–H groups in total. The van der Waals surface area contributed by atoms with Gasteiger partial charge in [-0.1, -0.05) is 66.2 Å². The average molecular weight is 270 g/mol. The Hall–Kier alpha value is -2.13. The van der Waals surface area contributed by atoms with Gasteiger partial charge in [0.2, 0.25) is 0 Å². The molecule has 0 radical (unpaired) electrons. The fraction of sp³-hybridized carbons (Fsp3) is 0.0667. The lowest BCUT2D eigenvalue weighted by Gasteiger charge is -2.08. The number of benzene rings is 2. The van der Waals surface area contributed by atoms with Crippen molar-refractivity contribution in [2.24, 2.45) is 0 Å². The van der Waals surface area contributed by atoms with Gasteiger partial charge < -0.3 is 5.32 Å². The summed E-state index contributed by atoms with van der Waals surface area (Å²) in [6.45, 7) is 0.709. The summed E-state index contributed by atoms with van der Waals surface area (Å²) >= 11 is 6.04. The van der Waals surface area contributed by atoms with Crippen LogP contribution in [-0.4, -0.2) is 10.2 Å². The van der Waals surface area contributed by atoms with Crippen molar-refractivity contribution in [1.29, 1.82) is 0 Å². The molecule has 0 unspecified atom stereocenters. The first kappa shape index (κ1) is 11.9. The van der Waals surface area contributed by atoms with E-state index in [9.17, 15) is 0 Å². The second-order valence-corrected chi connectivity index (χ2v) is 4.58. The van der Waals surface area contributed by atoms with E-state index in [1.807, 2.05) is 42.5 Å². The molecule has 0 saturated carbocycles. The molecule has 4 heteroatoms. The number of nitrogens with zero attached hydrogens (tertiary/aromatic N) is 2.